The Hall–Kier alpha value is -2.67. The maximum absolute atomic E-state index is 12.8. The van der Waals surface area contributed by atoms with E-state index in [0.29, 0.717) is 11.6 Å². The van der Waals surface area contributed by atoms with Gasteiger partial charge in [0.25, 0.3) is 0 Å². The lowest BCUT2D eigenvalue weighted by Gasteiger charge is -2.33. The summed E-state index contributed by atoms with van der Waals surface area (Å²) in [6.07, 6.45) is 3.22. The van der Waals surface area contributed by atoms with Crippen LogP contribution >= 0.6 is 11.6 Å². The molecular weight excluding hydrogens is 364 g/mol. The minimum absolute atomic E-state index is 0.0346. The first kappa shape index (κ1) is 17.7. The van der Waals surface area contributed by atoms with Gasteiger partial charge in [-0.25, -0.2) is 0 Å². The fraction of sp³-hybridized carbons (Fsp3) is 0.368. The second-order valence-corrected chi connectivity index (χ2v) is 7.28. The summed E-state index contributed by atoms with van der Waals surface area (Å²) in [4.78, 5) is 16.8. The van der Waals surface area contributed by atoms with Crippen LogP contribution < -0.4 is 4.90 Å². The van der Waals surface area contributed by atoms with Gasteiger partial charge in [0.15, 0.2) is 5.65 Å². The van der Waals surface area contributed by atoms with Crippen molar-refractivity contribution in [2.45, 2.75) is 19.4 Å². The average molecular weight is 385 g/mol. The predicted molar refractivity (Wildman–Crippen MR) is 104 cm³/mol. The minimum Gasteiger partial charge on any atom is -0.355 e. The number of hydrogen-bond acceptors (Lipinski definition) is 5. The number of rotatable bonds is 4. The van der Waals surface area contributed by atoms with E-state index in [4.69, 9.17) is 11.6 Å². The van der Waals surface area contributed by atoms with Crippen LogP contribution in [0.5, 0.6) is 0 Å². The number of anilines is 1. The summed E-state index contributed by atoms with van der Waals surface area (Å²) in [7, 11) is 1.85. The van der Waals surface area contributed by atoms with Crippen LogP contribution in [0.15, 0.2) is 42.7 Å². The van der Waals surface area contributed by atoms with E-state index in [1.807, 2.05) is 43.4 Å². The number of aromatic nitrogens is 4. The molecule has 0 bridgehead atoms. The van der Waals surface area contributed by atoms with Gasteiger partial charge in [-0.1, -0.05) is 29.8 Å². The summed E-state index contributed by atoms with van der Waals surface area (Å²) >= 11 is 6.22. The second-order valence-electron chi connectivity index (χ2n) is 6.87. The highest BCUT2D eigenvalue weighted by Gasteiger charge is 2.28. The molecule has 0 radical (unpaired) electrons. The van der Waals surface area contributed by atoms with Crippen LogP contribution in [0.4, 0.5) is 5.82 Å². The third kappa shape index (κ3) is 3.73. The van der Waals surface area contributed by atoms with Gasteiger partial charge in [-0.2, -0.15) is 4.52 Å². The van der Waals surface area contributed by atoms with Crippen molar-refractivity contribution >= 4 is 29.0 Å². The standard InChI is InChI=1S/C19H21ClN6O/c1-24(12-15-4-2-3-5-16(15)20)19(27)14-8-10-25(11-9-14)18-7-6-17-22-21-13-26(17)23-18/h2-7,13-14H,8-12H2,1H3. The molecule has 1 amide bonds. The molecule has 0 N–H and O–H groups in total. The smallest absolute Gasteiger partial charge is 0.225 e. The molecule has 1 fully saturated rings. The first-order chi connectivity index (χ1) is 13.1. The molecule has 1 aliphatic heterocycles. The number of benzene rings is 1. The van der Waals surface area contributed by atoms with Gasteiger partial charge in [0.2, 0.25) is 5.91 Å². The Balaban J connectivity index is 1.36. The van der Waals surface area contributed by atoms with Gasteiger partial charge in [0.05, 0.1) is 0 Å². The molecule has 8 heteroatoms. The van der Waals surface area contributed by atoms with Gasteiger partial charge in [0, 0.05) is 37.6 Å². The monoisotopic (exact) mass is 384 g/mol. The molecule has 3 heterocycles. The zero-order chi connectivity index (χ0) is 18.8. The molecule has 1 aromatic carbocycles. The highest BCUT2D eigenvalue weighted by Crippen LogP contribution is 2.24. The topological polar surface area (TPSA) is 66.6 Å². The largest absolute Gasteiger partial charge is 0.355 e. The van der Waals surface area contributed by atoms with Gasteiger partial charge in [0.1, 0.15) is 12.1 Å². The SMILES string of the molecule is CN(Cc1ccccc1Cl)C(=O)C1CCN(c2ccc3nncn3n2)CC1. The van der Waals surface area contributed by atoms with Crippen molar-refractivity contribution in [1.82, 2.24) is 24.7 Å². The molecule has 3 aromatic rings. The fourth-order valence-electron chi connectivity index (χ4n) is 3.51. The van der Waals surface area contributed by atoms with Gasteiger partial charge in [-0.05, 0) is 36.6 Å². The van der Waals surface area contributed by atoms with Crippen molar-refractivity contribution in [3.8, 4) is 0 Å². The number of piperidine rings is 1. The highest BCUT2D eigenvalue weighted by molar-refractivity contribution is 6.31. The molecule has 4 rings (SSSR count). The van der Waals surface area contributed by atoms with Crippen LogP contribution in [0.2, 0.25) is 5.02 Å². The maximum Gasteiger partial charge on any atom is 0.225 e. The molecule has 7 nitrogen and oxygen atoms in total. The Morgan fingerprint density at radius 2 is 2.00 bits per heavy atom. The Kier molecular flexibility index (Phi) is 4.94. The van der Waals surface area contributed by atoms with E-state index in [0.717, 1.165) is 43.0 Å². The molecule has 140 valence electrons. The Bertz CT molecular complexity index is 950. The van der Waals surface area contributed by atoms with Gasteiger partial charge in [-0.3, -0.25) is 4.79 Å². The molecule has 0 saturated carbocycles. The van der Waals surface area contributed by atoms with E-state index in [1.54, 1.807) is 15.7 Å². The quantitative estimate of drug-likeness (QED) is 0.691. The molecule has 27 heavy (non-hydrogen) atoms. The Labute approximate surface area is 162 Å². The lowest BCUT2D eigenvalue weighted by atomic mass is 9.95. The van der Waals surface area contributed by atoms with E-state index in [2.05, 4.69) is 20.2 Å². The van der Waals surface area contributed by atoms with Gasteiger partial charge >= 0.3 is 0 Å². The van der Waals surface area contributed by atoms with Crippen LogP contribution in [-0.2, 0) is 11.3 Å². The van der Waals surface area contributed by atoms with Crippen molar-refractivity contribution in [3.05, 3.63) is 53.3 Å². The average Bonchev–Trinajstić information content (AvgIpc) is 3.17. The number of halogens is 1. The fourth-order valence-corrected chi connectivity index (χ4v) is 3.71. The lowest BCUT2D eigenvalue weighted by Crippen LogP contribution is -2.41. The van der Waals surface area contributed by atoms with Crippen LogP contribution in [-0.4, -0.2) is 50.8 Å². The van der Waals surface area contributed by atoms with Crippen LogP contribution in [0.1, 0.15) is 18.4 Å². The molecule has 0 atom stereocenters. The third-order valence-corrected chi connectivity index (χ3v) is 5.43. The maximum atomic E-state index is 12.8. The van der Waals surface area contributed by atoms with E-state index >= 15 is 0 Å². The second kappa shape index (κ2) is 7.52. The number of fused-ring (bicyclic) bond motifs is 1. The summed E-state index contributed by atoms with van der Waals surface area (Å²) in [6.45, 7) is 2.14. The summed E-state index contributed by atoms with van der Waals surface area (Å²) in [6, 6.07) is 11.5. The Morgan fingerprint density at radius 1 is 1.22 bits per heavy atom. The zero-order valence-electron chi connectivity index (χ0n) is 15.1. The molecular formula is C19H21ClN6O. The predicted octanol–water partition coefficient (Wildman–Crippen LogP) is 2.65. The summed E-state index contributed by atoms with van der Waals surface area (Å²) in [5.74, 6) is 1.10. The van der Waals surface area contributed by atoms with Crippen molar-refractivity contribution in [1.29, 1.82) is 0 Å². The molecule has 1 aliphatic rings. The van der Waals surface area contributed by atoms with Crippen molar-refractivity contribution in [2.75, 3.05) is 25.0 Å². The number of carbonyl (C=O) groups excluding carboxylic acids is 1. The number of carbonyl (C=O) groups is 1. The van der Waals surface area contributed by atoms with Crippen molar-refractivity contribution in [3.63, 3.8) is 0 Å². The van der Waals surface area contributed by atoms with Crippen molar-refractivity contribution in [2.24, 2.45) is 5.92 Å². The van der Waals surface area contributed by atoms with Crippen LogP contribution in [0.3, 0.4) is 0 Å². The minimum atomic E-state index is 0.0346. The van der Waals surface area contributed by atoms with Crippen LogP contribution in [0, 0.1) is 5.92 Å². The van der Waals surface area contributed by atoms with Crippen LogP contribution in [0.25, 0.3) is 5.65 Å². The van der Waals surface area contributed by atoms with E-state index < -0.39 is 0 Å². The zero-order valence-corrected chi connectivity index (χ0v) is 15.9. The van der Waals surface area contributed by atoms with Gasteiger partial charge in [-0.15, -0.1) is 15.3 Å². The summed E-state index contributed by atoms with van der Waals surface area (Å²) < 4.78 is 1.67. The van der Waals surface area contributed by atoms with E-state index in [1.165, 1.54) is 0 Å². The molecule has 1 saturated heterocycles. The lowest BCUT2D eigenvalue weighted by molar-refractivity contribution is -0.135. The normalized spacial score (nSPS) is 15.3. The number of hydrogen-bond donors (Lipinski definition) is 0. The highest BCUT2D eigenvalue weighted by atomic mass is 35.5. The molecule has 0 aliphatic carbocycles. The summed E-state index contributed by atoms with van der Waals surface area (Å²) in [5, 5.41) is 13.1. The van der Waals surface area contributed by atoms with Gasteiger partial charge < -0.3 is 9.80 Å². The van der Waals surface area contributed by atoms with Crippen molar-refractivity contribution < 1.29 is 4.79 Å². The molecule has 0 spiro atoms. The third-order valence-electron chi connectivity index (χ3n) is 5.06. The number of nitrogens with zero attached hydrogens (tertiary/aromatic N) is 6. The number of amides is 1. The first-order valence-electron chi connectivity index (χ1n) is 9.02. The summed E-state index contributed by atoms with van der Waals surface area (Å²) in [5.41, 5.74) is 1.70. The first-order valence-corrected chi connectivity index (χ1v) is 9.40. The van der Waals surface area contributed by atoms with E-state index in [-0.39, 0.29) is 11.8 Å². The molecule has 2 aromatic heterocycles. The molecule has 0 unspecified atom stereocenters. The van der Waals surface area contributed by atoms with E-state index in [9.17, 15) is 4.79 Å². The Morgan fingerprint density at radius 3 is 2.78 bits per heavy atom.